The molecular formula is C7H3Cl2IO2. The van der Waals surface area contributed by atoms with E-state index < -0.39 is 5.24 Å². The lowest BCUT2D eigenvalue weighted by Crippen LogP contribution is -1.91. The zero-order valence-corrected chi connectivity index (χ0v) is 9.31. The largest absolute Gasteiger partial charge is 0.506 e. The Morgan fingerprint density at radius 1 is 1.50 bits per heavy atom. The van der Waals surface area contributed by atoms with Crippen LogP contribution >= 0.6 is 45.8 Å². The van der Waals surface area contributed by atoms with Crippen LogP contribution in [0.3, 0.4) is 0 Å². The molecule has 1 aromatic carbocycles. The topological polar surface area (TPSA) is 37.3 Å². The summed E-state index contributed by atoms with van der Waals surface area (Å²) >= 11 is 12.7. The molecule has 0 saturated heterocycles. The number of rotatable bonds is 1. The highest BCUT2D eigenvalue weighted by atomic mass is 127. The number of carbonyl (C=O) groups excluding carboxylic acids is 1. The molecule has 1 rings (SSSR count). The van der Waals surface area contributed by atoms with Gasteiger partial charge in [-0.05, 0) is 46.3 Å². The van der Waals surface area contributed by atoms with Gasteiger partial charge in [-0.2, -0.15) is 0 Å². The van der Waals surface area contributed by atoms with Crippen molar-refractivity contribution in [1.82, 2.24) is 0 Å². The molecule has 1 N–H and O–H groups in total. The smallest absolute Gasteiger partial charge is 0.256 e. The van der Waals surface area contributed by atoms with E-state index in [1.807, 2.05) is 22.6 Å². The highest BCUT2D eigenvalue weighted by molar-refractivity contribution is 14.1. The summed E-state index contributed by atoms with van der Waals surface area (Å²) in [4.78, 5) is 10.7. The van der Waals surface area contributed by atoms with Gasteiger partial charge in [-0.1, -0.05) is 11.6 Å². The predicted octanol–water partition coefficient (Wildman–Crippen LogP) is 3.03. The van der Waals surface area contributed by atoms with Crippen LogP contribution in [0.4, 0.5) is 0 Å². The summed E-state index contributed by atoms with van der Waals surface area (Å²) in [7, 11) is 0. The summed E-state index contributed by atoms with van der Waals surface area (Å²) in [5.74, 6) is -0.125. The van der Waals surface area contributed by atoms with Gasteiger partial charge in [-0.15, -0.1) is 0 Å². The van der Waals surface area contributed by atoms with Crippen LogP contribution in [0, 0.1) is 3.57 Å². The molecule has 0 heterocycles. The molecule has 2 nitrogen and oxygen atoms in total. The molecule has 0 spiro atoms. The minimum absolute atomic E-state index is 0.0357. The highest BCUT2D eigenvalue weighted by Crippen LogP contribution is 2.29. The van der Waals surface area contributed by atoms with Crippen molar-refractivity contribution < 1.29 is 9.90 Å². The van der Waals surface area contributed by atoms with E-state index in [4.69, 9.17) is 23.2 Å². The third-order valence-corrected chi connectivity index (χ3v) is 2.48. The molecule has 0 aliphatic rings. The van der Waals surface area contributed by atoms with Crippen LogP contribution in [-0.2, 0) is 0 Å². The lowest BCUT2D eigenvalue weighted by Gasteiger charge is -2.01. The number of halogens is 3. The first-order valence-corrected chi connectivity index (χ1v) is 4.73. The number of carbonyl (C=O) groups is 1. The Labute approximate surface area is 92.6 Å². The van der Waals surface area contributed by atoms with E-state index in [0.29, 0.717) is 8.59 Å². The van der Waals surface area contributed by atoms with Gasteiger partial charge < -0.3 is 5.11 Å². The van der Waals surface area contributed by atoms with Gasteiger partial charge in [0.25, 0.3) is 5.24 Å². The summed E-state index contributed by atoms with van der Waals surface area (Å²) in [5.41, 5.74) is 0.0357. The second kappa shape index (κ2) is 3.81. The first-order valence-electron chi connectivity index (χ1n) is 2.90. The molecule has 12 heavy (non-hydrogen) atoms. The van der Waals surface area contributed by atoms with Crippen LogP contribution in [-0.4, -0.2) is 10.3 Å². The number of phenols is 1. The lowest BCUT2D eigenvalue weighted by atomic mass is 10.2. The van der Waals surface area contributed by atoms with Crippen molar-refractivity contribution in [3.05, 3.63) is 26.3 Å². The average Bonchev–Trinajstić information content (AvgIpc) is 1.96. The molecule has 64 valence electrons. The highest BCUT2D eigenvalue weighted by Gasteiger charge is 2.12. The SMILES string of the molecule is O=C(Cl)c1cc(Cl)cc(I)c1O. The molecule has 0 amide bonds. The Bertz CT molecular complexity index is 338. The van der Waals surface area contributed by atoms with Crippen molar-refractivity contribution >= 4 is 51.0 Å². The van der Waals surface area contributed by atoms with E-state index >= 15 is 0 Å². The first kappa shape index (κ1) is 10.1. The quantitative estimate of drug-likeness (QED) is 0.639. The number of aromatic hydroxyl groups is 1. The monoisotopic (exact) mass is 316 g/mol. The Balaban J connectivity index is 3.37. The van der Waals surface area contributed by atoms with E-state index in [2.05, 4.69) is 0 Å². The Morgan fingerprint density at radius 3 is 2.58 bits per heavy atom. The van der Waals surface area contributed by atoms with Crippen LogP contribution in [0.1, 0.15) is 10.4 Å². The van der Waals surface area contributed by atoms with Crippen molar-refractivity contribution in [1.29, 1.82) is 0 Å². The standard InChI is InChI=1S/C7H3Cl2IO2/c8-3-1-4(7(9)12)6(11)5(10)2-3/h1-2,11H. The maximum Gasteiger partial charge on any atom is 0.256 e. The molecule has 0 unspecified atom stereocenters. The maximum atomic E-state index is 10.7. The van der Waals surface area contributed by atoms with Gasteiger partial charge in [0.1, 0.15) is 5.75 Å². The first-order chi connectivity index (χ1) is 5.52. The van der Waals surface area contributed by atoms with Crippen molar-refractivity contribution in [2.45, 2.75) is 0 Å². The van der Waals surface area contributed by atoms with Gasteiger partial charge in [0.2, 0.25) is 0 Å². The van der Waals surface area contributed by atoms with E-state index in [9.17, 15) is 9.90 Å². The molecule has 0 aliphatic heterocycles. The van der Waals surface area contributed by atoms with Gasteiger partial charge in [-0.3, -0.25) is 4.79 Å². The second-order valence-corrected chi connectivity index (χ2v) is 4.00. The minimum Gasteiger partial charge on any atom is -0.506 e. The molecule has 0 aliphatic carbocycles. The van der Waals surface area contributed by atoms with Crippen molar-refractivity contribution in [2.75, 3.05) is 0 Å². The second-order valence-electron chi connectivity index (χ2n) is 2.06. The fourth-order valence-corrected chi connectivity index (χ4v) is 1.89. The molecule has 0 saturated carbocycles. The minimum atomic E-state index is -0.715. The zero-order chi connectivity index (χ0) is 9.30. The van der Waals surface area contributed by atoms with Crippen LogP contribution < -0.4 is 0 Å². The molecule has 0 atom stereocenters. The third kappa shape index (κ3) is 2.02. The molecule has 0 fully saturated rings. The van der Waals surface area contributed by atoms with Crippen LogP contribution in [0.25, 0.3) is 0 Å². The van der Waals surface area contributed by atoms with Crippen LogP contribution in [0.5, 0.6) is 5.75 Å². The predicted molar refractivity (Wildman–Crippen MR) is 56.0 cm³/mol. The number of hydrogen-bond acceptors (Lipinski definition) is 2. The van der Waals surface area contributed by atoms with Crippen molar-refractivity contribution in [3.8, 4) is 5.75 Å². The molecule has 0 aromatic heterocycles. The van der Waals surface area contributed by atoms with E-state index in [1.165, 1.54) is 6.07 Å². The molecule has 5 heteroatoms. The fourth-order valence-electron chi connectivity index (χ4n) is 0.716. The maximum absolute atomic E-state index is 10.7. The summed E-state index contributed by atoms with van der Waals surface area (Å²) < 4.78 is 0.504. The van der Waals surface area contributed by atoms with Gasteiger partial charge in [0, 0.05) is 5.02 Å². The molecule has 0 radical (unpaired) electrons. The lowest BCUT2D eigenvalue weighted by molar-refractivity contribution is 0.107. The Morgan fingerprint density at radius 2 is 2.08 bits per heavy atom. The number of phenolic OH excluding ortho intramolecular Hbond substituents is 1. The molecule has 0 bridgehead atoms. The van der Waals surface area contributed by atoms with Crippen LogP contribution in [0.15, 0.2) is 12.1 Å². The summed E-state index contributed by atoms with van der Waals surface area (Å²) in [5, 5.41) is 8.98. The van der Waals surface area contributed by atoms with E-state index in [-0.39, 0.29) is 11.3 Å². The number of hydrogen-bond donors (Lipinski definition) is 1. The zero-order valence-electron chi connectivity index (χ0n) is 5.64. The Hall–Kier alpha value is -0.000000000000000111. The van der Waals surface area contributed by atoms with Crippen LogP contribution in [0.2, 0.25) is 5.02 Å². The summed E-state index contributed by atoms with van der Waals surface area (Å²) in [6.07, 6.45) is 0. The summed E-state index contributed by atoms with van der Waals surface area (Å²) in [6.45, 7) is 0. The van der Waals surface area contributed by atoms with Gasteiger partial charge in [-0.25, -0.2) is 0 Å². The van der Waals surface area contributed by atoms with Gasteiger partial charge in [0.15, 0.2) is 0 Å². The average molecular weight is 317 g/mol. The number of benzene rings is 1. The van der Waals surface area contributed by atoms with E-state index in [0.717, 1.165) is 0 Å². The van der Waals surface area contributed by atoms with Gasteiger partial charge >= 0.3 is 0 Å². The van der Waals surface area contributed by atoms with Gasteiger partial charge in [0.05, 0.1) is 9.13 Å². The summed E-state index contributed by atoms with van der Waals surface area (Å²) in [6, 6.07) is 2.87. The molecule has 1 aromatic rings. The fraction of sp³-hybridized carbons (Fsp3) is 0. The Kier molecular flexibility index (Phi) is 3.20. The normalized spacial score (nSPS) is 9.92. The van der Waals surface area contributed by atoms with Crippen molar-refractivity contribution in [3.63, 3.8) is 0 Å². The third-order valence-electron chi connectivity index (χ3n) is 1.24. The van der Waals surface area contributed by atoms with E-state index in [1.54, 1.807) is 6.07 Å². The van der Waals surface area contributed by atoms with Crippen molar-refractivity contribution in [2.24, 2.45) is 0 Å². The molecular weight excluding hydrogens is 314 g/mol.